The smallest absolute Gasteiger partial charge is 0.488 e. The van der Waals surface area contributed by atoms with E-state index in [9.17, 15) is 21.1 Å². The molecule has 2 aromatic carbocycles. The van der Waals surface area contributed by atoms with Gasteiger partial charge in [-0.2, -0.15) is 13.5 Å². The van der Waals surface area contributed by atoms with Crippen LogP contribution in [0.15, 0.2) is 49.1 Å². The van der Waals surface area contributed by atoms with Gasteiger partial charge in [0.2, 0.25) is 0 Å². The van der Waals surface area contributed by atoms with Crippen molar-refractivity contribution in [2.45, 2.75) is 6.61 Å². The van der Waals surface area contributed by atoms with Gasteiger partial charge in [-0.15, -0.1) is 0 Å². The van der Waals surface area contributed by atoms with E-state index in [1.807, 2.05) is 0 Å². The van der Waals surface area contributed by atoms with E-state index >= 15 is 0 Å². The van der Waals surface area contributed by atoms with Gasteiger partial charge < -0.3 is 8.92 Å². The van der Waals surface area contributed by atoms with E-state index in [4.69, 9.17) is 4.74 Å². The summed E-state index contributed by atoms with van der Waals surface area (Å²) in [4.78, 5) is 3.66. The minimum Gasteiger partial charge on any atom is -0.489 e. The van der Waals surface area contributed by atoms with Gasteiger partial charge in [0.05, 0.1) is 0 Å². The van der Waals surface area contributed by atoms with Crippen LogP contribution in [0.5, 0.6) is 11.5 Å². The Labute approximate surface area is 146 Å². The maximum Gasteiger partial charge on any atom is 0.488 e. The molecule has 3 aromatic rings. The van der Waals surface area contributed by atoms with E-state index in [0.717, 1.165) is 28.9 Å². The lowest BCUT2D eigenvalue weighted by Crippen LogP contribution is -2.05. The van der Waals surface area contributed by atoms with Crippen molar-refractivity contribution in [3.05, 3.63) is 66.3 Å². The largest absolute Gasteiger partial charge is 0.489 e. The summed E-state index contributed by atoms with van der Waals surface area (Å²) in [5.41, 5.74) is -0.143. The number of halogens is 3. The predicted molar refractivity (Wildman–Crippen MR) is 82.7 cm³/mol. The molecule has 26 heavy (non-hydrogen) atoms. The summed E-state index contributed by atoms with van der Waals surface area (Å²) in [5.74, 6) is -1.46. The average molecular weight is 385 g/mol. The molecule has 0 aliphatic rings. The van der Waals surface area contributed by atoms with Gasteiger partial charge in [-0.3, -0.25) is 0 Å². The van der Waals surface area contributed by atoms with Crippen LogP contribution in [-0.4, -0.2) is 23.2 Å². The lowest BCUT2D eigenvalue weighted by molar-refractivity contribution is 0.298. The summed E-state index contributed by atoms with van der Waals surface area (Å²) in [6.45, 7) is -0.290. The molecule has 7 nitrogen and oxygen atoms in total. The first-order valence-electron chi connectivity index (χ1n) is 7.02. The highest BCUT2D eigenvalue weighted by atomic mass is 32.3. The number of rotatable bonds is 6. The fourth-order valence-corrected chi connectivity index (χ4v) is 2.40. The highest BCUT2D eigenvalue weighted by Gasteiger charge is 2.13. The Bertz CT molecular complexity index is 1010. The van der Waals surface area contributed by atoms with Gasteiger partial charge in [0.1, 0.15) is 48.1 Å². The van der Waals surface area contributed by atoms with Crippen molar-refractivity contribution >= 4 is 10.5 Å². The van der Waals surface area contributed by atoms with Gasteiger partial charge in [-0.25, -0.2) is 18.4 Å². The average Bonchev–Trinajstić information content (AvgIpc) is 3.09. The quantitative estimate of drug-likeness (QED) is 0.607. The Morgan fingerprint density at radius 3 is 2.35 bits per heavy atom. The van der Waals surface area contributed by atoms with Crippen molar-refractivity contribution in [2.75, 3.05) is 0 Å². The molecule has 0 aliphatic heterocycles. The summed E-state index contributed by atoms with van der Waals surface area (Å²) in [5, 5.41) is 3.73. The normalized spacial score (nSPS) is 11.3. The van der Waals surface area contributed by atoms with Crippen LogP contribution < -0.4 is 8.92 Å². The van der Waals surface area contributed by atoms with Gasteiger partial charge in [-0.05, 0) is 30.3 Å². The van der Waals surface area contributed by atoms with Crippen molar-refractivity contribution in [2.24, 2.45) is 0 Å². The summed E-state index contributed by atoms with van der Waals surface area (Å²) in [7, 11) is -5.12. The van der Waals surface area contributed by atoms with Crippen LogP contribution in [-0.2, 0) is 17.1 Å². The van der Waals surface area contributed by atoms with Gasteiger partial charge in [0, 0.05) is 11.6 Å². The third-order valence-corrected chi connectivity index (χ3v) is 3.59. The van der Waals surface area contributed by atoms with E-state index in [0.29, 0.717) is 0 Å². The number of hydrogen-bond donors (Lipinski definition) is 0. The van der Waals surface area contributed by atoms with E-state index in [1.54, 1.807) is 0 Å². The first-order chi connectivity index (χ1) is 12.3. The molecule has 1 aromatic heterocycles. The number of hydrogen-bond acceptors (Lipinski definition) is 6. The number of benzene rings is 2. The number of aromatic nitrogens is 3. The molecule has 0 saturated heterocycles. The Morgan fingerprint density at radius 2 is 1.73 bits per heavy atom. The third-order valence-electron chi connectivity index (χ3n) is 3.20. The van der Waals surface area contributed by atoms with E-state index in [2.05, 4.69) is 14.3 Å². The van der Waals surface area contributed by atoms with Crippen LogP contribution in [0.1, 0.15) is 5.56 Å². The summed E-state index contributed by atoms with van der Waals surface area (Å²) < 4.78 is 71.8. The summed E-state index contributed by atoms with van der Waals surface area (Å²) >= 11 is 0. The van der Waals surface area contributed by atoms with Crippen LogP contribution >= 0.6 is 0 Å². The summed E-state index contributed by atoms with van der Waals surface area (Å²) in [6, 6.07) is 6.82. The van der Waals surface area contributed by atoms with Gasteiger partial charge >= 0.3 is 10.5 Å². The molecular formula is C15H10F3N3O4S. The van der Waals surface area contributed by atoms with Crippen LogP contribution in [0.4, 0.5) is 12.7 Å². The van der Waals surface area contributed by atoms with E-state index in [1.165, 1.54) is 24.8 Å². The number of ether oxygens (including phenoxy) is 1. The Hall–Kier alpha value is -3.08. The maximum absolute atomic E-state index is 14.1. The van der Waals surface area contributed by atoms with Crippen molar-refractivity contribution in [3.8, 4) is 17.2 Å². The third kappa shape index (κ3) is 4.30. The Morgan fingerprint density at radius 1 is 1.04 bits per heavy atom. The summed E-state index contributed by atoms with van der Waals surface area (Å²) in [6.07, 6.45) is 2.42. The van der Waals surface area contributed by atoms with Gasteiger partial charge in [-0.1, -0.05) is 3.89 Å². The zero-order chi connectivity index (χ0) is 18.7. The molecule has 0 N–H and O–H groups in total. The van der Waals surface area contributed by atoms with Crippen molar-refractivity contribution in [1.29, 1.82) is 0 Å². The molecule has 0 bridgehead atoms. The molecule has 0 spiro atoms. The van der Waals surface area contributed by atoms with Crippen LogP contribution in [0.3, 0.4) is 0 Å². The maximum atomic E-state index is 14.1. The van der Waals surface area contributed by atoms with Gasteiger partial charge in [0.25, 0.3) is 0 Å². The molecule has 11 heteroatoms. The molecule has 0 amide bonds. The van der Waals surface area contributed by atoms with Crippen LogP contribution in [0.2, 0.25) is 0 Å². The molecule has 1 heterocycles. The molecule has 3 rings (SSSR count). The second kappa shape index (κ2) is 7.04. The lowest BCUT2D eigenvalue weighted by atomic mass is 10.2. The monoisotopic (exact) mass is 385 g/mol. The molecule has 136 valence electrons. The fourth-order valence-electron chi connectivity index (χ4n) is 2.06. The second-order valence-corrected chi connectivity index (χ2v) is 5.92. The molecule has 0 fully saturated rings. The standard InChI is InChI=1S/C15H10F3N3O4S/c16-13-6-15(21-9-19-8-20-21)14(17)5-10(13)7-24-11-1-3-12(4-2-11)25-26(18,22)23/h1-6,8-9H,7H2. The molecule has 0 radical (unpaired) electrons. The van der Waals surface area contributed by atoms with Crippen LogP contribution in [0.25, 0.3) is 5.69 Å². The highest BCUT2D eigenvalue weighted by molar-refractivity contribution is 7.81. The van der Waals surface area contributed by atoms with E-state index < -0.39 is 22.1 Å². The topological polar surface area (TPSA) is 83.3 Å². The zero-order valence-corrected chi connectivity index (χ0v) is 13.7. The molecule has 0 aliphatic carbocycles. The SMILES string of the molecule is O=S(=O)(F)Oc1ccc(OCc2cc(F)c(-n3cncn3)cc2F)cc1. The minimum absolute atomic E-state index is 0.0435. The number of nitrogens with zero attached hydrogens (tertiary/aromatic N) is 3. The molecule has 0 atom stereocenters. The van der Waals surface area contributed by atoms with Gasteiger partial charge in [0.15, 0.2) is 0 Å². The van der Waals surface area contributed by atoms with Crippen LogP contribution in [0, 0.1) is 11.6 Å². The highest BCUT2D eigenvalue weighted by Crippen LogP contribution is 2.22. The second-order valence-electron chi connectivity index (χ2n) is 4.97. The minimum atomic E-state index is -5.12. The predicted octanol–water partition coefficient (Wildman–Crippen LogP) is 2.72. The fraction of sp³-hybridized carbons (Fsp3) is 0.0667. The van der Waals surface area contributed by atoms with E-state index in [-0.39, 0.29) is 29.4 Å². The first kappa shape index (κ1) is 17.7. The molecular weight excluding hydrogens is 375 g/mol. The Kier molecular flexibility index (Phi) is 4.80. The van der Waals surface area contributed by atoms with Crippen molar-refractivity contribution < 1.29 is 30.0 Å². The molecule has 0 saturated carbocycles. The lowest BCUT2D eigenvalue weighted by Gasteiger charge is -2.10. The van der Waals surface area contributed by atoms with Crippen molar-refractivity contribution in [3.63, 3.8) is 0 Å². The van der Waals surface area contributed by atoms with Crippen molar-refractivity contribution in [1.82, 2.24) is 14.8 Å². The first-order valence-corrected chi connectivity index (χ1v) is 8.32. The molecule has 0 unspecified atom stereocenters. The zero-order valence-electron chi connectivity index (χ0n) is 12.8. The Balaban J connectivity index is 1.71.